The van der Waals surface area contributed by atoms with Crippen molar-refractivity contribution in [2.24, 2.45) is 5.92 Å². The summed E-state index contributed by atoms with van der Waals surface area (Å²) in [6.45, 7) is 4.80. The fourth-order valence-corrected chi connectivity index (χ4v) is 1.77. The van der Waals surface area contributed by atoms with E-state index in [1.807, 2.05) is 0 Å². The third-order valence-corrected chi connectivity index (χ3v) is 2.47. The molecular weight excluding hydrogens is 124 g/mol. The van der Waals surface area contributed by atoms with Crippen molar-refractivity contribution in [3.63, 3.8) is 0 Å². The van der Waals surface area contributed by atoms with Crippen LogP contribution in [0.4, 0.5) is 0 Å². The van der Waals surface area contributed by atoms with E-state index in [0.717, 1.165) is 12.0 Å². The van der Waals surface area contributed by atoms with Gasteiger partial charge in [-0.2, -0.15) is 0 Å². The lowest BCUT2D eigenvalue weighted by Crippen LogP contribution is -2.53. The van der Waals surface area contributed by atoms with E-state index in [1.54, 1.807) is 0 Å². The van der Waals surface area contributed by atoms with E-state index in [4.69, 9.17) is 0 Å². The fraction of sp³-hybridized carbons (Fsp3) is 1.00. The molecule has 1 saturated heterocycles. The second-order valence-electron chi connectivity index (χ2n) is 3.28. The maximum atomic E-state index is 3.35. The van der Waals surface area contributed by atoms with Crippen molar-refractivity contribution in [2.45, 2.75) is 19.4 Å². The lowest BCUT2D eigenvalue weighted by molar-refractivity contribution is 0.100. The van der Waals surface area contributed by atoms with Gasteiger partial charge in [0.2, 0.25) is 0 Å². The van der Waals surface area contributed by atoms with E-state index >= 15 is 0 Å². The molecule has 0 aromatic carbocycles. The summed E-state index contributed by atoms with van der Waals surface area (Å²) in [5.74, 6) is 0.903. The number of hydrogen-bond donors (Lipinski definition) is 1. The number of rotatable bonds is 3. The largest absolute Gasteiger partial charge is 0.317 e. The van der Waals surface area contributed by atoms with Crippen LogP contribution in [0.3, 0.4) is 0 Å². The van der Waals surface area contributed by atoms with E-state index in [2.05, 4.69) is 31.2 Å². The summed E-state index contributed by atoms with van der Waals surface area (Å²) in [4.78, 5) is 2.37. The second-order valence-corrected chi connectivity index (χ2v) is 3.28. The molecule has 10 heavy (non-hydrogen) atoms. The average molecular weight is 142 g/mol. The number of nitrogens with one attached hydrogen (secondary N) is 1. The van der Waals surface area contributed by atoms with Crippen LogP contribution in [0, 0.1) is 5.92 Å². The van der Waals surface area contributed by atoms with Gasteiger partial charge in [0.15, 0.2) is 0 Å². The summed E-state index contributed by atoms with van der Waals surface area (Å²) in [7, 11) is 4.24. The zero-order valence-electron chi connectivity index (χ0n) is 7.22. The molecule has 1 unspecified atom stereocenters. The van der Waals surface area contributed by atoms with Crippen LogP contribution in [-0.2, 0) is 0 Å². The van der Waals surface area contributed by atoms with Crippen molar-refractivity contribution < 1.29 is 0 Å². The average Bonchev–Trinajstić information content (AvgIpc) is 1.87. The van der Waals surface area contributed by atoms with Crippen molar-refractivity contribution in [3.8, 4) is 0 Å². The van der Waals surface area contributed by atoms with Crippen LogP contribution in [0.2, 0.25) is 0 Å². The molecule has 0 saturated carbocycles. The van der Waals surface area contributed by atoms with E-state index in [-0.39, 0.29) is 0 Å². The van der Waals surface area contributed by atoms with E-state index in [0.29, 0.717) is 0 Å². The highest BCUT2D eigenvalue weighted by Gasteiger charge is 2.28. The molecule has 0 bridgehead atoms. The molecule has 2 heteroatoms. The van der Waals surface area contributed by atoms with Gasteiger partial charge >= 0.3 is 0 Å². The Morgan fingerprint density at radius 3 is 2.50 bits per heavy atom. The Morgan fingerprint density at radius 2 is 2.20 bits per heavy atom. The topological polar surface area (TPSA) is 15.3 Å². The van der Waals surface area contributed by atoms with Crippen LogP contribution < -0.4 is 5.32 Å². The highest BCUT2D eigenvalue weighted by molar-refractivity contribution is 4.85. The van der Waals surface area contributed by atoms with Crippen LogP contribution >= 0.6 is 0 Å². The highest BCUT2D eigenvalue weighted by Crippen LogP contribution is 2.18. The maximum Gasteiger partial charge on any atom is 0.0114 e. The first-order valence-electron chi connectivity index (χ1n) is 4.13. The zero-order chi connectivity index (χ0) is 7.56. The van der Waals surface area contributed by atoms with Gasteiger partial charge in [-0.3, -0.25) is 0 Å². The van der Waals surface area contributed by atoms with Crippen LogP contribution in [0.25, 0.3) is 0 Å². The van der Waals surface area contributed by atoms with Gasteiger partial charge < -0.3 is 10.2 Å². The Labute approximate surface area is 63.6 Å². The molecule has 60 valence electrons. The lowest BCUT2D eigenvalue weighted by Gasteiger charge is -2.40. The fourth-order valence-electron chi connectivity index (χ4n) is 1.77. The summed E-state index contributed by atoms with van der Waals surface area (Å²) in [5.41, 5.74) is 0. The van der Waals surface area contributed by atoms with Gasteiger partial charge in [0, 0.05) is 19.1 Å². The molecule has 1 rings (SSSR count). The molecule has 1 aliphatic heterocycles. The monoisotopic (exact) mass is 142 g/mol. The van der Waals surface area contributed by atoms with E-state index in [9.17, 15) is 0 Å². The molecule has 1 fully saturated rings. The summed E-state index contributed by atoms with van der Waals surface area (Å²) in [5, 5.41) is 3.35. The van der Waals surface area contributed by atoms with Crippen LogP contribution in [0.1, 0.15) is 13.3 Å². The van der Waals surface area contributed by atoms with Crippen molar-refractivity contribution in [3.05, 3.63) is 0 Å². The highest BCUT2D eigenvalue weighted by atomic mass is 15.2. The van der Waals surface area contributed by atoms with E-state index in [1.165, 1.54) is 19.5 Å². The molecule has 1 atom stereocenters. The summed E-state index contributed by atoms with van der Waals surface area (Å²) < 4.78 is 0. The standard InChI is InChI=1S/C8H18N2/c1-4-8(9-2)7-5-10(3)6-7/h7-9H,4-6H2,1-3H3. The van der Waals surface area contributed by atoms with E-state index < -0.39 is 0 Å². The number of nitrogens with zero attached hydrogens (tertiary/aromatic N) is 1. The maximum absolute atomic E-state index is 3.35. The molecule has 0 amide bonds. The van der Waals surface area contributed by atoms with Crippen LogP contribution in [-0.4, -0.2) is 38.1 Å². The Balaban J connectivity index is 2.21. The van der Waals surface area contributed by atoms with Crippen molar-refractivity contribution in [2.75, 3.05) is 27.2 Å². The molecule has 2 nitrogen and oxygen atoms in total. The van der Waals surface area contributed by atoms with Gasteiger partial charge in [-0.1, -0.05) is 6.92 Å². The number of hydrogen-bond acceptors (Lipinski definition) is 2. The van der Waals surface area contributed by atoms with Gasteiger partial charge in [0.25, 0.3) is 0 Å². The van der Waals surface area contributed by atoms with Gasteiger partial charge in [-0.15, -0.1) is 0 Å². The minimum Gasteiger partial charge on any atom is -0.317 e. The Kier molecular flexibility index (Phi) is 2.69. The Bertz CT molecular complexity index is 93.4. The third kappa shape index (κ3) is 1.50. The van der Waals surface area contributed by atoms with Crippen molar-refractivity contribution in [1.29, 1.82) is 0 Å². The van der Waals surface area contributed by atoms with Crippen LogP contribution in [0.5, 0.6) is 0 Å². The molecule has 1 N–H and O–H groups in total. The first-order chi connectivity index (χ1) is 4.77. The van der Waals surface area contributed by atoms with Gasteiger partial charge in [0.05, 0.1) is 0 Å². The molecule has 0 aromatic heterocycles. The number of likely N-dealkylation sites (tertiary alicyclic amines) is 1. The molecule has 0 aromatic rings. The van der Waals surface area contributed by atoms with Crippen molar-refractivity contribution >= 4 is 0 Å². The van der Waals surface area contributed by atoms with Crippen molar-refractivity contribution in [1.82, 2.24) is 10.2 Å². The van der Waals surface area contributed by atoms with Gasteiger partial charge in [0.1, 0.15) is 0 Å². The Hall–Kier alpha value is -0.0800. The van der Waals surface area contributed by atoms with Gasteiger partial charge in [-0.25, -0.2) is 0 Å². The molecule has 1 heterocycles. The minimum absolute atomic E-state index is 0.746. The normalized spacial score (nSPS) is 24.3. The molecule has 0 aliphatic carbocycles. The lowest BCUT2D eigenvalue weighted by atomic mass is 9.91. The SMILES string of the molecule is CCC(NC)C1CN(C)C1. The predicted octanol–water partition coefficient (Wildman–Crippen LogP) is 0.546. The Morgan fingerprint density at radius 1 is 1.60 bits per heavy atom. The molecule has 0 radical (unpaired) electrons. The molecule has 1 aliphatic rings. The summed E-state index contributed by atoms with van der Waals surface area (Å²) in [6, 6.07) is 0.746. The molecular formula is C8H18N2. The first-order valence-corrected chi connectivity index (χ1v) is 4.13. The molecule has 0 spiro atoms. The summed E-state index contributed by atoms with van der Waals surface area (Å²) in [6.07, 6.45) is 1.26. The predicted molar refractivity (Wildman–Crippen MR) is 44.1 cm³/mol. The second kappa shape index (κ2) is 3.35. The third-order valence-electron chi connectivity index (χ3n) is 2.47. The first kappa shape index (κ1) is 8.02. The quantitative estimate of drug-likeness (QED) is 0.619. The summed E-state index contributed by atoms with van der Waals surface area (Å²) >= 11 is 0. The van der Waals surface area contributed by atoms with Crippen LogP contribution in [0.15, 0.2) is 0 Å². The smallest absolute Gasteiger partial charge is 0.0114 e. The van der Waals surface area contributed by atoms with Gasteiger partial charge in [-0.05, 0) is 26.4 Å². The zero-order valence-corrected chi connectivity index (χ0v) is 7.22. The minimum atomic E-state index is 0.746.